The van der Waals surface area contributed by atoms with E-state index in [1.54, 1.807) is 19.1 Å². The molecule has 1 aromatic carbocycles. The summed E-state index contributed by atoms with van der Waals surface area (Å²) in [6.45, 7) is 6.71. The number of carbonyl (C=O) groups is 1. The molecule has 2 aromatic rings. The van der Waals surface area contributed by atoms with Crippen LogP contribution in [0.25, 0.3) is 0 Å². The number of aryl methyl sites for hydroxylation is 1. The van der Waals surface area contributed by atoms with Gasteiger partial charge in [-0.2, -0.15) is 4.98 Å². The minimum absolute atomic E-state index is 0.0331. The van der Waals surface area contributed by atoms with Crippen molar-refractivity contribution in [1.82, 2.24) is 15.0 Å². The molecule has 134 valence electrons. The maximum absolute atomic E-state index is 13.0. The van der Waals surface area contributed by atoms with Crippen LogP contribution in [0.15, 0.2) is 28.8 Å². The van der Waals surface area contributed by atoms with E-state index in [4.69, 9.17) is 14.0 Å². The van der Waals surface area contributed by atoms with Crippen LogP contribution in [0.5, 0.6) is 5.75 Å². The van der Waals surface area contributed by atoms with Crippen molar-refractivity contribution in [1.29, 1.82) is 0 Å². The summed E-state index contributed by atoms with van der Waals surface area (Å²) in [6, 6.07) is 7.25. The molecular weight excluding hydrogens is 322 g/mol. The second-order valence-electron chi connectivity index (χ2n) is 6.09. The Hall–Kier alpha value is -2.41. The lowest BCUT2D eigenvalue weighted by molar-refractivity contribution is 0.0726. The first-order valence-electron chi connectivity index (χ1n) is 8.55. The van der Waals surface area contributed by atoms with E-state index in [0.717, 1.165) is 19.6 Å². The summed E-state index contributed by atoms with van der Waals surface area (Å²) in [5.74, 6) is 1.83. The number of carbonyl (C=O) groups excluding carboxylic acids is 1. The molecule has 7 nitrogen and oxygen atoms in total. The summed E-state index contributed by atoms with van der Waals surface area (Å²) in [6.07, 6.45) is 0.999. The van der Waals surface area contributed by atoms with Crippen molar-refractivity contribution in [3.63, 3.8) is 0 Å². The molecule has 0 bridgehead atoms. The molecule has 0 saturated carbocycles. The van der Waals surface area contributed by atoms with Gasteiger partial charge in [0, 0.05) is 32.5 Å². The molecule has 0 aliphatic carbocycles. The van der Waals surface area contributed by atoms with Gasteiger partial charge in [0.1, 0.15) is 5.75 Å². The largest absolute Gasteiger partial charge is 0.485 e. The fourth-order valence-electron chi connectivity index (χ4n) is 2.88. The fraction of sp³-hybridized carbons (Fsp3) is 0.500. The molecule has 1 saturated heterocycles. The average Bonchev–Trinajstić information content (AvgIpc) is 3.29. The number of nitrogens with zero attached hydrogens (tertiary/aromatic N) is 3. The second-order valence-corrected chi connectivity index (χ2v) is 6.09. The predicted octanol–water partition coefficient (Wildman–Crippen LogP) is 2.46. The second kappa shape index (κ2) is 8.11. The van der Waals surface area contributed by atoms with Crippen LogP contribution in [-0.2, 0) is 11.3 Å². The van der Waals surface area contributed by atoms with Gasteiger partial charge in [0.05, 0.1) is 12.2 Å². The fourth-order valence-corrected chi connectivity index (χ4v) is 2.88. The van der Waals surface area contributed by atoms with Gasteiger partial charge in [0.2, 0.25) is 11.7 Å². The van der Waals surface area contributed by atoms with Crippen LogP contribution >= 0.6 is 0 Å². The minimum atomic E-state index is -0.0331. The first-order valence-corrected chi connectivity index (χ1v) is 8.55. The predicted molar refractivity (Wildman–Crippen MR) is 90.3 cm³/mol. The van der Waals surface area contributed by atoms with E-state index in [0.29, 0.717) is 42.0 Å². The molecule has 7 heteroatoms. The zero-order valence-corrected chi connectivity index (χ0v) is 14.6. The Bertz CT molecular complexity index is 710. The van der Waals surface area contributed by atoms with Gasteiger partial charge >= 0.3 is 0 Å². The molecule has 1 aliphatic rings. The summed E-state index contributed by atoms with van der Waals surface area (Å²) in [7, 11) is 0. The summed E-state index contributed by atoms with van der Waals surface area (Å²) in [4.78, 5) is 18.9. The van der Waals surface area contributed by atoms with Crippen LogP contribution in [0.4, 0.5) is 0 Å². The highest BCUT2D eigenvalue weighted by atomic mass is 16.5. The maximum atomic E-state index is 13.0. The number of ether oxygens (including phenoxy) is 2. The standard InChI is InChI=1S/C18H23N3O4/c1-3-21(10-14-8-9-23-11-14)18(22)15-6-4-5-7-16(15)24-12-17-19-13(2)25-20-17/h4-7,14H,3,8-12H2,1-2H3/t14-/m1/s1. The number of hydrogen-bond donors (Lipinski definition) is 0. The topological polar surface area (TPSA) is 77.7 Å². The van der Waals surface area contributed by atoms with E-state index in [9.17, 15) is 4.79 Å². The Morgan fingerprint density at radius 3 is 2.92 bits per heavy atom. The summed E-state index contributed by atoms with van der Waals surface area (Å²) in [5, 5.41) is 3.80. The van der Waals surface area contributed by atoms with Gasteiger partial charge in [-0.1, -0.05) is 17.3 Å². The van der Waals surface area contributed by atoms with Gasteiger partial charge in [-0.3, -0.25) is 4.79 Å². The van der Waals surface area contributed by atoms with Crippen LogP contribution in [0.1, 0.15) is 35.4 Å². The summed E-state index contributed by atoms with van der Waals surface area (Å²) in [5.41, 5.74) is 0.545. The van der Waals surface area contributed by atoms with Gasteiger partial charge in [0.25, 0.3) is 5.91 Å². The number of benzene rings is 1. The Kier molecular flexibility index (Phi) is 5.65. The Balaban J connectivity index is 1.70. The molecule has 1 aliphatic heterocycles. The van der Waals surface area contributed by atoms with Crippen LogP contribution in [-0.4, -0.2) is 47.3 Å². The van der Waals surface area contributed by atoms with E-state index in [1.165, 1.54) is 0 Å². The first kappa shape index (κ1) is 17.4. The molecule has 25 heavy (non-hydrogen) atoms. The van der Waals surface area contributed by atoms with E-state index >= 15 is 0 Å². The van der Waals surface area contributed by atoms with Crippen LogP contribution < -0.4 is 4.74 Å². The highest BCUT2D eigenvalue weighted by Crippen LogP contribution is 2.22. The van der Waals surface area contributed by atoms with Crippen LogP contribution in [0.2, 0.25) is 0 Å². The third kappa shape index (κ3) is 4.36. The summed E-state index contributed by atoms with van der Waals surface area (Å²) < 4.78 is 16.1. The monoisotopic (exact) mass is 345 g/mol. The van der Waals surface area contributed by atoms with Crippen molar-refractivity contribution >= 4 is 5.91 Å². The number of amides is 1. The third-order valence-corrected chi connectivity index (χ3v) is 4.22. The Morgan fingerprint density at radius 2 is 2.24 bits per heavy atom. The smallest absolute Gasteiger partial charge is 0.257 e. The molecule has 0 unspecified atom stereocenters. The molecule has 1 fully saturated rings. The maximum Gasteiger partial charge on any atom is 0.257 e. The molecular formula is C18H23N3O4. The lowest BCUT2D eigenvalue weighted by atomic mass is 10.1. The molecule has 1 atom stereocenters. The van der Waals surface area contributed by atoms with Gasteiger partial charge in [-0.05, 0) is 25.5 Å². The van der Waals surface area contributed by atoms with Crippen LogP contribution in [0, 0.1) is 12.8 Å². The van der Waals surface area contributed by atoms with Gasteiger partial charge in [-0.25, -0.2) is 0 Å². The van der Waals surface area contributed by atoms with Crippen molar-refractivity contribution in [3.05, 3.63) is 41.5 Å². The quantitative estimate of drug-likeness (QED) is 0.767. The van der Waals surface area contributed by atoms with E-state index in [2.05, 4.69) is 10.1 Å². The zero-order valence-electron chi connectivity index (χ0n) is 14.6. The number of para-hydroxylation sites is 1. The van der Waals surface area contributed by atoms with E-state index in [1.807, 2.05) is 24.0 Å². The average molecular weight is 345 g/mol. The molecule has 0 spiro atoms. The van der Waals surface area contributed by atoms with E-state index < -0.39 is 0 Å². The first-order chi connectivity index (χ1) is 12.2. The normalized spacial score (nSPS) is 16.8. The lowest BCUT2D eigenvalue weighted by Crippen LogP contribution is -2.35. The van der Waals surface area contributed by atoms with E-state index in [-0.39, 0.29) is 12.5 Å². The van der Waals surface area contributed by atoms with Crippen molar-refractivity contribution in [3.8, 4) is 5.75 Å². The molecule has 0 N–H and O–H groups in total. The Morgan fingerprint density at radius 1 is 1.40 bits per heavy atom. The molecule has 2 heterocycles. The van der Waals surface area contributed by atoms with Crippen molar-refractivity contribution in [2.75, 3.05) is 26.3 Å². The highest BCUT2D eigenvalue weighted by Gasteiger charge is 2.24. The van der Waals surface area contributed by atoms with Gasteiger partial charge < -0.3 is 18.9 Å². The third-order valence-electron chi connectivity index (χ3n) is 4.22. The molecule has 1 amide bonds. The number of rotatable bonds is 7. The Labute approximate surface area is 146 Å². The van der Waals surface area contributed by atoms with Crippen molar-refractivity contribution in [2.24, 2.45) is 5.92 Å². The lowest BCUT2D eigenvalue weighted by Gasteiger charge is -2.24. The van der Waals surface area contributed by atoms with Gasteiger partial charge in [-0.15, -0.1) is 0 Å². The van der Waals surface area contributed by atoms with Crippen molar-refractivity contribution < 1.29 is 18.8 Å². The zero-order chi connectivity index (χ0) is 17.6. The van der Waals surface area contributed by atoms with Crippen molar-refractivity contribution in [2.45, 2.75) is 26.9 Å². The van der Waals surface area contributed by atoms with Crippen LogP contribution in [0.3, 0.4) is 0 Å². The SMILES string of the molecule is CCN(C[C@H]1CCOC1)C(=O)c1ccccc1OCc1noc(C)n1. The summed E-state index contributed by atoms with van der Waals surface area (Å²) >= 11 is 0. The molecule has 1 aromatic heterocycles. The number of hydrogen-bond acceptors (Lipinski definition) is 6. The highest BCUT2D eigenvalue weighted by molar-refractivity contribution is 5.96. The molecule has 0 radical (unpaired) electrons. The number of aromatic nitrogens is 2. The minimum Gasteiger partial charge on any atom is -0.485 e. The van der Waals surface area contributed by atoms with Gasteiger partial charge in [0.15, 0.2) is 6.61 Å². The molecule has 3 rings (SSSR count).